The normalized spacial score (nSPS) is 11.3. The molecule has 2 heterocycles. The lowest BCUT2D eigenvalue weighted by molar-refractivity contribution is 0.521. The molecule has 0 aliphatic rings. The fraction of sp³-hybridized carbons (Fsp3) is 0.421. The zero-order valence-electron chi connectivity index (χ0n) is 15.1. The molecule has 2 aromatic heterocycles. The quantitative estimate of drug-likeness (QED) is 0.594. The Morgan fingerprint density at radius 1 is 1.08 bits per heavy atom. The van der Waals surface area contributed by atoms with Gasteiger partial charge in [-0.1, -0.05) is 44.2 Å². The molecule has 0 saturated heterocycles. The van der Waals surface area contributed by atoms with E-state index in [9.17, 15) is 9.59 Å². The molecule has 0 bridgehead atoms. The Hall–Kier alpha value is -2.34. The lowest BCUT2D eigenvalue weighted by Crippen LogP contribution is -2.24. The van der Waals surface area contributed by atoms with Crippen LogP contribution >= 0.6 is 11.6 Å². The molecule has 138 valence electrons. The minimum atomic E-state index is -0.323. The summed E-state index contributed by atoms with van der Waals surface area (Å²) in [7, 11) is 0. The number of rotatable bonds is 7. The van der Waals surface area contributed by atoms with Gasteiger partial charge in [0.05, 0.1) is 0 Å². The Labute approximate surface area is 156 Å². The molecule has 0 N–H and O–H groups in total. The van der Waals surface area contributed by atoms with E-state index in [4.69, 9.17) is 11.6 Å². The maximum Gasteiger partial charge on any atom is 0.350 e. The van der Waals surface area contributed by atoms with E-state index < -0.39 is 0 Å². The molecular weight excluding hydrogens is 352 g/mol. The van der Waals surface area contributed by atoms with Gasteiger partial charge in [-0.25, -0.2) is 13.9 Å². The highest BCUT2D eigenvalue weighted by molar-refractivity contribution is 6.31. The van der Waals surface area contributed by atoms with E-state index in [-0.39, 0.29) is 16.9 Å². The smallest absolute Gasteiger partial charge is 0.280 e. The van der Waals surface area contributed by atoms with Gasteiger partial charge in [0.15, 0.2) is 0 Å². The molecule has 0 saturated carbocycles. The van der Waals surface area contributed by atoms with Crippen LogP contribution in [-0.2, 0) is 6.54 Å². The van der Waals surface area contributed by atoms with Crippen molar-refractivity contribution in [1.29, 1.82) is 0 Å². The van der Waals surface area contributed by atoms with Crippen LogP contribution in [0.5, 0.6) is 0 Å². The van der Waals surface area contributed by atoms with Gasteiger partial charge in [-0.3, -0.25) is 9.36 Å². The molecule has 0 fully saturated rings. The van der Waals surface area contributed by atoms with Crippen molar-refractivity contribution >= 4 is 17.2 Å². The van der Waals surface area contributed by atoms with E-state index in [1.807, 2.05) is 13.0 Å². The average molecular weight is 375 g/mol. The molecule has 0 unspecified atom stereocenters. The lowest BCUT2D eigenvalue weighted by atomic mass is 10.1. The molecular formula is C19H23ClN4O2. The van der Waals surface area contributed by atoms with Crippen LogP contribution in [0, 0.1) is 6.92 Å². The maximum atomic E-state index is 12.8. The zero-order chi connectivity index (χ0) is 18.7. The minimum absolute atomic E-state index is 0.138. The van der Waals surface area contributed by atoms with Gasteiger partial charge in [0, 0.05) is 29.6 Å². The lowest BCUT2D eigenvalue weighted by Gasteiger charge is -2.07. The van der Waals surface area contributed by atoms with Gasteiger partial charge in [-0.2, -0.15) is 0 Å². The van der Waals surface area contributed by atoms with Crippen LogP contribution in [-0.4, -0.2) is 18.7 Å². The van der Waals surface area contributed by atoms with Crippen molar-refractivity contribution in [2.24, 2.45) is 0 Å². The van der Waals surface area contributed by atoms with Crippen molar-refractivity contribution in [2.75, 3.05) is 0 Å². The summed E-state index contributed by atoms with van der Waals surface area (Å²) in [5.41, 5.74) is 1.12. The Balaban J connectivity index is 1.93. The predicted octanol–water partition coefficient (Wildman–Crippen LogP) is 3.58. The first-order valence-corrected chi connectivity index (χ1v) is 9.38. The maximum absolute atomic E-state index is 12.8. The van der Waals surface area contributed by atoms with Crippen LogP contribution in [0.15, 0.2) is 40.2 Å². The van der Waals surface area contributed by atoms with Crippen molar-refractivity contribution < 1.29 is 0 Å². The van der Waals surface area contributed by atoms with Gasteiger partial charge in [-0.05, 0) is 37.1 Å². The van der Waals surface area contributed by atoms with Crippen LogP contribution in [0.2, 0.25) is 5.02 Å². The zero-order valence-corrected chi connectivity index (χ0v) is 15.9. The van der Waals surface area contributed by atoms with Crippen molar-refractivity contribution in [1.82, 2.24) is 18.7 Å². The van der Waals surface area contributed by atoms with Crippen LogP contribution in [0.25, 0.3) is 11.3 Å². The Kier molecular flexibility index (Phi) is 5.61. The fourth-order valence-corrected chi connectivity index (χ4v) is 3.12. The van der Waals surface area contributed by atoms with Crippen molar-refractivity contribution in [3.8, 4) is 5.69 Å². The Bertz CT molecular complexity index is 1030. The first-order chi connectivity index (χ1) is 12.5. The molecule has 0 radical (unpaired) electrons. The number of hydrogen-bond donors (Lipinski definition) is 0. The monoisotopic (exact) mass is 374 g/mol. The third kappa shape index (κ3) is 3.60. The van der Waals surface area contributed by atoms with Crippen LogP contribution in [0.1, 0.15) is 44.6 Å². The summed E-state index contributed by atoms with van der Waals surface area (Å²) in [6.07, 6.45) is 8.65. The van der Waals surface area contributed by atoms with Gasteiger partial charge >= 0.3 is 11.2 Å². The number of fused-ring (bicyclic) bond motifs is 1. The number of aryl methyl sites for hydroxylation is 2. The van der Waals surface area contributed by atoms with E-state index >= 15 is 0 Å². The summed E-state index contributed by atoms with van der Waals surface area (Å²) in [6.45, 7) is 4.58. The summed E-state index contributed by atoms with van der Waals surface area (Å²) >= 11 is 6.06. The molecule has 0 aliphatic heterocycles. The van der Waals surface area contributed by atoms with E-state index in [2.05, 4.69) is 12.0 Å². The molecule has 1 aromatic carbocycles. The summed E-state index contributed by atoms with van der Waals surface area (Å²) in [5.74, 6) is 0. The molecule has 7 heteroatoms. The van der Waals surface area contributed by atoms with Crippen LogP contribution < -0.4 is 11.2 Å². The summed E-state index contributed by atoms with van der Waals surface area (Å²) in [6, 6.07) is 5.36. The Morgan fingerprint density at radius 3 is 2.58 bits per heavy atom. The van der Waals surface area contributed by atoms with E-state index in [1.165, 1.54) is 26.5 Å². The number of aromatic nitrogens is 4. The third-order valence-corrected chi connectivity index (χ3v) is 4.96. The molecule has 6 nitrogen and oxygen atoms in total. The second kappa shape index (κ2) is 7.91. The number of unbranched alkanes of at least 4 members (excludes halogenated alkanes) is 4. The second-order valence-corrected chi connectivity index (χ2v) is 6.93. The average Bonchev–Trinajstić information content (AvgIpc) is 2.95. The van der Waals surface area contributed by atoms with Crippen molar-refractivity contribution in [3.05, 3.63) is 62.0 Å². The molecule has 0 spiro atoms. The summed E-state index contributed by atoms with van der Waals surface area (Å²) in [4.78, 5) is 25.2. The fourth-order valence-electron chi connectivity index (χ4n) is 3.00. The highest BCUT2D eigenvalue weighted by Crippen LogP contribution is 2.18. The molecule has 26 heavy (non-hydrogen) atoms. The summed E-state index contributed by atoms with van der Waals surface area (Å²) in [5, 5.41) is 4.91. The second-order valence-electron chi connectivity index (χ2n) is 6.52. The first kappa shape index (κ1) is 18.5. The van der Waals surface area contributed by atoms with Crippen molar-refractivity contribution in [3.63, 3.8) is 0 Å². The SMILES string of the molecule is CCCCCCCn1nc2c(=O)n(-c3ccc(Cl)c(C)c3)ccn2c1=O. The molecule has 0 atom stereocenters. The van der Waals surface area contributed by atoms with Crippen LogP contribution in [0.4, 0.5) is 0 Å². The van der Waals surface area contributed by atoms with Gasteiger partial charge in [0.25, 0.3) is 0 Å². The number of halogens is 1. The number of hydrogen-bond acceptors (Lipinski definition) is 3. The van der Waals surface area contributed by atoms with Crippen molar-refractivity contribution in [2.45, 2.75) is 52.5 Å². The summed E-state index contributed by atoms with van der Waals surface area (Å²) < 4.78 is 4.18. The number of benzene rings is 1. The van der Waals surface area contributed by atoms with Gasteiger partial charge < -0.3 is 0 Å². The topological polar surface area (TPSA) is 61.3 Å². The standard InChI is InChI=1S/C19H23ClN4O2/c1-3-4-5-6-7-10-24-19(26)23-12-11-22(18(25)17(23)21-24)15-8-9-16(20)14(2)13-15/h8-9,11-13H,3-7,10H2,1-2H3. The molecule has 3 rings (SSSR count). The third-order valence-electron chi connectivity index (χ3n) is 4.54. The molecule has 0 aliphatic carbocycles. The minimum Gasteiger partial charge on any atom is -0.280 e. The van der Waals surface area contributed by atoms with Gasteiger partial charge in [-0.15, -0.1) is 5.10 Å². The largest absolute Gasteiger partial charge is 0.350 e. The van der Waals surface area contributed by atoms with E-state index in [1.54, 1.807) is 24.5 Å². The molecule has 3 aromatic rings. The predicted molar refractivity (Wildman–Crippen MR) is 104 cm³/mol. The van der Waals surface area contributed by atoms with Gasteiger partial charge in [0.1, 0.15) is 0 Å². The molecule has 0 amide bonds. The Morgan fingerprint density at radius 2 is 1.85 bits per heavy atom. The van der Waals surface area contributed by atoms with Crippen LogP contribution in [0.3, 0.4) is 0 Å². The van der Waals surface area contributed by atoms with Gasteiger partial charge in [0.2, 0.25) is 5.65 Å². The van der Waals surface area contributed by atoms with E-state index in [0.29, 0.717) is 17.3 Å². The highest BCUT2D eigenvalue weighted by Gasteiger charge is 2.13. The first-order valence-electron chi connectivity index (χ1n) is 9.00. The highest BCUT2D eigenvalue weighted by atomic mass is 35.5. The number of nitrogens with zero attached hydrogens (tertiary/aromatic N) is 4. The van der Waals surface area contributed by atoms with E-state index in [0.717, 1.165) is 24.8 Å².